The molecule has 0 saturated carbocycles. The fraction of sp³-hybridized carbons (Fsp3) is 0.276. The highest BCUT2D eigenvalue weighted by molar-refractivity contribution is 6.07. The molecule has 8 heteroatoms. The third kappa shape index (κ3) is 4.56. The normalized spacial score (nSPS) is 20.5. The number of likely N-dealkylation sites (N-methyl/N-ethyl adjacent to an activating group) is 2. The number of rotatable bonds is 6. The van der Waals surface area contributed by atoms with Crippen LogP contribution >= 0.6 is 0 Å². The number of aliphatic imine (C=N–C) groups is 1. The summed E-state index contributed by atoms with van der Waals surface area (Å²) in [6.07, 6.45) is 0.0143. The Morgan fingerprint density at radius 3 is 2.46 bits per heavy atom. The minimum Gasteiger partial charge on any atom is -0.485 e. The zero-order valence-corrected chi connectivity index (χ0v) is 21.3. The maximum absolute atomic E-state index is 13.6. The zero-order chi connectivity index (χ0) is 26.2. The number of hydrogen-bond acceptors (Lipinski definition) is 6. The topological polar surface area (TPSA) is 100 Å². The van der Waals surface area contributed by atoms with Crippen LogP contribution < -0.4 is 15.8 Å². The van der Waals surface area contributed by atoms with E-state index in [1.54, 1.807) is 7.05 Å². The number of amides is 2. The second-order valence-corrected chi connectivity index (χ2v) is 9.76. The van der Waals surface area contributed by atoms with Gasteiger partial charge in [0.15, 0.2) is 11.5 Å². The Morgan fingerprint density at radius 1 is 1.11 bits per heavy atom. The number of nitrogens with two attached hydrogens (primary N) is 1. The van der Waals surface area contributed by atoms with E-state index < -0.39 is 5.54 Å². The second kappa shape index (κ2) is 9.71. The van der Waals surface area contributed by atoms with Crippen molar-refractivity contribution in [2.75, 3.05) is 34.2 Å². The van der Waals surface area contributed by atoms with E-state index in [1.165, 1.54) is 4.90 Å². The number of guanidine groups is 1. The Bertz CT molecular complexity index is 1350. The van der Waals surface area contributed by atoms with Crippen molar-refractivity contribution in [3.63, 3.8) is 0 Å². The van der Waals surface area contributed by atoms with Crippen molar-refractivity contribution in [2.45, 2.75) is 18.1 Å². The molecule has 0 radical (unpaired) electrons. The average Bonchev–Trinajstić information content (AvgIpc) is 3.12. The van der Waals surface area contributed by atoms with Crippen molar-refractivity contribution in [3.8, 4) is 16.9 Å². The smallest absolute Gasteiger partial charge is 0.261 e. The van der Waals surface area contributed by atoms with Gasteiger partial charge in [-0.3, -0.25) is 14.5 Å². The maximum atomic E-state index is 13.6. The average molecular weight is 498 g/mol. The first-order valence-corrected chi connectivity index (χ1v) is 12.3. The number of carbonyl (C=O) groups excluding carboxylic acids is 2. The first-order chi connectivity index (χ1) is 17.8. The largest absolute Gasteiger partial charge is 0.485 e. The number of fused-ring (bicyclic) bond motifs is 2. The first-order valence-electron chi connectivity index (χ1n) is 12.3. The summed E-state index contributed by atoms with van der Waals surface area (Å²) in [5.41, 5.74) is 9.06. The maximum Gasteiger partial charge on any atom is 0.261 e. The fourth-order valence-electron chi connectivity index (χ4n) is 4.88. The summed E-state index contributed by atoms with van der Waals surface area (Å²) >= 11 is 0. The third-order valence-corrected chi connectivity index (χ3v) is 6.98. The highest BCUT2D eigenvalue weighted by Gasteiger charge is 2.53. The van der Waals surface area contributed by atoms with Crippen LogP contribution in [0.25, 0.3) is 11.1 Å². The molecular formula is C29H31N5O3. The van der Waals surface area contributed by atoms with Crippen molar-refractivity contribution in [3.05, 3.63) is 89.5 Å². The predicted octanol–water partition coefficient (Wildman–Crippen LogP) is 3.15. The van der Waals surface area contributed by atoms with Gasteiger partial charge in [0, 0.05) is 37.7 Å². The van der Waals surface area contributed by atoms with Crippen LogP contribution in [0.3, 0.4) is 0 Å². The van der Waals surface area contributed by atoms with Crippen molar-refractivity contribution in [1.82, 2.24) is 15.1 Å². The Morgan fingerprint density at radius 2 is 1.81 bits per heavy atom. The predicted molar refractivity (Wildman–Crippen MR) is 143 cm³/mol. The molecule has 3 aromatic carbocycles. The Hall–Kier alpha value is -4.17. The van der Waals surface area contributed by atoms with Gasteiger partial charge in [-0.05, 0) is 55.1 Å². The Kier molecular flexibility index (Phi) is 6.43. The van der Waals surface area contributed by atoms with Crippen molar-refractivity contribution >= 4 is 17.8 Å². The van der Waals surface area contributed by atoms with Gasteiger partial charge in [-0.25, -0.2) is 4.99 Å². The molecule has 2 aliphatic rings. The number of ether oxygens (including phenoxy) is 1. The molecule has 2 heterocycles. The molecule has 37 heavy (non-hydrogen) atoms. The number of benzene rings is 3. The monoisotopic (exact) mass is 497 g/mol. The lowest BCUT2D eigenvalue weighted by Gasteiger charge is -2.37. The molecule has 2 aliphatic heterocycles. The van der Waals surface area contributed by atoms with E-state index in [2.05, 4.69) is 5.32 Å². The molecule has 0 fully saturated rings. The minimum atomic E-state index is -1.16. The minimum absolute atomic E-state index is 0.109. The van der Waals surface area contributed by atoms with Crippen LogP contribution in [0.1, 0.15) is 34.0 Å². The summed E-state index contributed by atoms with van der Waals surface area (Å²) in [6.45, 7) is 1.35. The number of nitrogens with zero attached hydrogens (tertiary/aromatic N) is 3. The summed E-state index contributed by atoms with van der Waals surface area (Å²) in [5.74, 6) is 0.528. The lowest BCUT2D eigenvalue weighted by Crippen LogP contribution is -2.43. The molecule has 8 nitrogen and oxygen atoms in total. The van der Waals surface area contributed by atoms with Crippen LogP contribution in [0.2, 0.25) is 0 Å². The Labute approximate surface area is 216 Å². The molecule has 190 valence electrons. The molecule has 2 atom stereocenters. The molecule has 0 aliphatic carbocycles. The highest BCUT2D eigenvalue weighted by Crippen LogP contribution is 2.50. The van der Waals surface area contributed by atoms with E-state index in [4.69, 9.17) is 15.5 Å². The fourth-order valence-corrected chi connectivity index (χ4v) is 4.88. The van der Waals surface area contributed by atoms with Gasteiger partial charge in [-0.1, -0.05) is 48.5 Å². The summed E-state index contributed by atoms with van der Waals surface area (Å²) in [6, 6.07) is 23.1. The van der Waals surface area contributed by atoms with E-state index in [0.717, 1.165) is 23.2 Å². The molecule has 1 spiro atoms. The highest BCUT2D eigenvalue weighted by atomic mass is 16.5. The standard InChI is InChI=1S/C29H31N5O3/c1-33(2)16-15-31-26(35)21-11-9-19(10-12-21)22-13-14-24-23(17-22)29(27(36)34(3)28(30)32-29)18-25(37-24)20-7-5-4-6-8-20/h4-14,17,25H,15-16,18H2,1-3H3,(H2,30,32)(H,31,35). The summed E-state index contributed by atoms with van der Waals surface area (Å²) in [4.78, 5) is 34.2. The van der Waals surface area contributed by atoms with Gasteiger partial charge in [0.25, 0.3) is 11.8 Å². The molecular weight excluding hydrogens is 466 g/mol. The molecule has 2 unspecified atom stereocenters. The molecule has 2 amide bonds. The molecule has 5 rings (SSSR count). The van der Waals surface area contributed by atoms with Crippen molar-refractivity contribution in [2.24, 2.45) is 10.7 Å². The van der Waals surface area contributed by atoms with Crippen molar-refractivity contribution in [1.29, 1.82) is 0 Å². The summed E-state index contributed by atoms with van der Waals surface area (Å²) in [7, 11) is 5.58. The summed E-state index contributed by atoms with van der Waals surface area (Å²) in [5, 5.41) is 2.93. The van der Waals surface area contributed by atoms with Crippen LogP contribution in [-0.4, -0.2) is 61.8 Å². The van der Waals surface area contributed by atoms with Crippen molar-refractivity contribution < 1.29 is 14.3 Å². The lowest BCUT2D eigenvalue weighted by atomic mass is 9.79. The quantitative estimate of drug-likeness (QED) is 0.545. The molecule has 3 N–H and O–H groups in total. The van der Waals surface area contributed by atoms with Crippen LogP contribution in [0.4, 0.5) is 0 Å². The van der Waals surface area contributed by atoms with E-state index in [9.17, 15) is 9.59 Å². The van der Waals surface area contributed by atoms with Gasteiger partial charge in [0.05, 0.1) is 0 Å². The van der Waals surface area contributed by atoms with Crippen LogP contribution in [-0.2, 0) is 10.3 Å². The molecule has 0 aromatic heterocycles. The third-order valence-electron chi connectivity index (χ3n) is 6.98. The van der Waals surface area contributed by atoms with E-state index >= 15 is 0 Å². The van der Waals surface area contributed by atoms with Crippen LogP contribution in [0.5, 0.6) is 5.75 Å². The van der Waals surface area contributed by atoms with Gasteiger partial charge in [0.1, 0.15) is 11.9 Å². The number of carbonyl (C=O) groups is 2. The number of hydrogen-bond donors (Lipinski definition) is 2. The molecule has 3 aromatic rings. The lowest BCUT2D eigenvalue weighted by molar-refractivity contribution is -0.132. The van der Waals surface area contributed by atoms with E-state index in [0.29, 0.717) is 29.8 Å². The van der Waals surface area contributed by atoms with Gasteiger partial charge < -0.3 is 20.7 Å². The van der Waals surface area contributed by atoms with Gasteiger partial charge in [-0.2, -0.15) is 0 Å². The number of nitrogens with one attached hydrogen (secondary N) is 1. The molecule has 0 bridgehead atoms. The van der Waals surface area contributed by atoms with E-state index in [-0.39, 0.29) is 23.9 Å². The van der Waals surface area contributed by atoms with E-state index in [1.807, 2.05) is 91.8 Å². The van der Waals surface area contributed by atoms with Crippen LogP contribution in [0.15, 0.2) is 77.8 Å². The van der Waals surface area contributed by atoms with Gasteiger partial charge >= 0.3 is 0 Å². The summed E-state index contributed by atoms with van der Waals surface area (Å²) < 4.78 is 6.38. The zero-order valence-electron chi connectivity index (χ0n) is 21.3. The van der Waals surface area contributed by atoms with Gasteiger partial charge in [0.2, 0.25) is 0 Å². The van der Waals surface area contributed by atoms with Gasteiger partial charge in [-0.15, -0.1) is 0 Å². The molecule has 0 saturated heterocycles. The SMILES string of the molecule is CN(C)CCNC(=O)c1ccc(-c2ccc3c(c2)C2(CC(c4ccccc4)O3)N=C(N)N(C)C2=O)cc1. The first kappa shape index (κ1) is 24.5. The van der Waals surface area contributed by atoms with Crippen LogP contribution in [0, 0.1) is 0 Å². The Balaban J connectivity index is 1.48. The second-order valence-electron chi connectivity index (χ2n) is 9.76.